The number of alkyl halides is 3. The van der Waals surface area contributed by atoms with Gasteiger partial charge in [-0.15, -0.1) is 10.2 Å². The maximum absolute atomic E-state index is 12.5. The molecule has 1 N–H and O–H groups in total. The monoisotopic (exact) mass is 304 g/mol. The van der Waals surface area contributed by atoms with Gasteiger partial charge in [0.2, 0.25) is 10.1 Å². The number of aromatic nitrogens is 5. The molecule has 0 aliphatic carbocycles. The molecule has 1 unspecified atom stereocenters. The fourth-order valence-electron chi connectivity index (χ4n) is 2.15. The normalized spacial score (nSPS) is 18.9. The Kier molecular flexibility index (Phi) is 3.11. The summed E-state index contributed by atoms with van der Waals surface area (Å²) < 4.78 is 39.2. The van der Waals surface area contributed by atoms with E-state index in [1.54, 1.807) is 11.6 Å². The highest BCUT2D eigenvalue weighted by atomic mass is 32.1. The van der Waals surface area contributed by atoms with Crippen LogP contribution in [0.2, 0.25) is 0 Å². The summed E-state index contributed by atoms with van der Waals surface area (Å²) in [5.41, 5.74) is 0. The van der Waals surface area contributed by atoms with Crippen LogP contribution in [0.3, 0.4) is 0 Å². The van der Waals surface area contributed by atoms with Gasteiger partial charge in [-0.3, -0.25) is 0 Å². The molecule has 0 spiro atoms. The molecule has 1 atom stereocenters. The lowest BCUT2D eigenvalue weighted by Gasteiger charge is -2.22. The minimum atomic E-state index is -4.46. The molecule has 3 rings (SSSR count). The van der Waals surface area contributed by atoms with Crippen LogP contribution >= 0.6 is 11.3 Å². The summed E-state index contributed by atoms with van der Waals surface area (Å²) in [6.07, 6.45) is -2.79. The van der Waals surface area contributed by atoms with Gasteiger partial charge >= 0.3 is 6.18 Å². The van der Waals surface area contributed by atoms with E-state index in [9.17, 15) is 13.2 Å². The molecule has 108 valence electrons. The van der Waals surface area contributed by atoms with Crippen molar-refractivity contribution in [2.24, 2.45) is 0 Å². The fraction of sp³-hybridized carbons (Fsp3) is 0.600. The van der Waals surface area contributed by atoms with Crippen LogP contribution in [0.25, 0.3) is 0 Å². The molecule has 0 fully saturated rings. The molecule has 2 aromatic rings. The fourth-order valence-corrected chi connectivity index (χ4v) is 2.81. The molecule has 20 heavy (non-hydrogen) atoms. The van der Waals surface area contributed by atoms with Crippen LogP contribution in [0.5, 0.6) is 0 Å². The van der Waals surface area contributed by atoms with Crippen molar-refractivity contribution in [2.75, 3.05) is 5.32 Å². The summed E-state index contributed by atoms with van der Waals surface area (Å²) in [5.74, 6) is 1.39. The van der Waals surface area contributed by atoms with Gasteiger partial charge < -0.3 is 5.32 Å². The van der Waals surface area contributed by atoms with E-state index in [0.717, 1.165) is 25.2 Å². The Morgan fingerprint density at radius 3 is 2.85 bits per heavy atom. The maximum Gasteiger partial charge on any atom is 0.445 e. The predicted octanol–water partition coefficient (Wildman–Crippen LogP) is 2.40. The van der Waals surface area contributed by atoms with Gasteiger partial charge in [0.15, 0.2) is 0 Å². The van der Waals surface area contributed by atoms with Crippen molar-refractivity contribution in [3.63, 3.8) is 0 Å². The smallest absolute Gasteiger partial charge is 0.350 e. The van der Waals surface area contributed by atoms with Crippen LogP contribution in [0.4, 0.5) is 18.3 Å². The maximum atomic E-state index is 12.5. The van der Waals surface area contributed by atoms with Gasteiger partial charge in [-0.25, -0.2) is 9.67 Å². The van der Waals surface area contributed by atoms with Crippen LogP contribution in [0.15, 0.2) is 0 Å². The molecule has 2 aromatic heterocycles. The second-order valence-electron chi connectivity index (χ2n) is 4.49. The quantitative estimate of drug-likeness (QED) is 0.922. The summed E-state index contributed by atoms with van der Waals surface area (Å²) in [4.78, 5) is 4.31. The van der Waals surface area contributed by atoms with Crippen molar-refractivity contribution in [3.05, 3.63) is 16.7 Å². The van der Waals surface area contributed by atoms with Crippen LogP contribution < -0.4 is 5.32 Å². The molecule has 1 aliphatic rings. The number of hydrogen-bond acceptors (Lipinski definition) is 6. The zero-order valence-electron chi connectivity index (χ0n) is 10.5. The third-order valence-corrected chi connectivity index (χ3v) is 3.85. The second kappa shape index (κ2) is 4.69. The van der Waals surface area contributed by atoms with Crippen molar-refractivity contribution in [3.8, 4) is 0 Å². The van der Waals surface area contributed by atoms with Crippen LogP contribution in [0.1, 0.15) is 35.5 Å². The molecule has 6 nitrogen and oxygen atoms in total. The van der Waals surface area contributed by atoms with E-state index in [4.69, 9.17) is 0 Å². The van der Waals surface area contributed by atoms with Gasteiger partial charge in [0, 0.05) is 6.54 Å². The summed E-state index contributed by atoms with van der Waals surface area (Å²) >= 11 is 0.499. The Hall–Kier alpha value is -1.71. The minimum Gasteiger partial charge on any atom is -0.350 e. The van der Waals surface area contributed by atoms with Gasteiger partial charge in [0.1, 0.15) is 11.6 Å². The molecule has 1 aliphatic heterocycles. The van der Waals surface area contributed by atoms with Gasteiger partial charge in [0.25, 0.3) is 0 Å². The van der Waals surface area contributed by atoms with E-state index >= 15 is 0 Å². The van der Waals surface area contributed by atoms with Crippen molar-refractivity contribution >= 4 is 16.5 Å². The topological polar surface area (TPSA) is 68.5 Å². The minimum absolute atomic E-state index is 0.149. The summed E-state index contributed by atoms with van der Waals surface area (Å²) in [6, 6.07) is -0.181. The summed E-state index contributed by atoms with van der Waals surface area (Å²) in [7, 11) is 0. The highest BCUT2D eigenvalue weighted by Crippen LogP contribution is 2.35. The van der Waals surface area contributed by atoms with Gasteiger partial charge in [-0.2, -0.15) is 18.3 Å². The first-order valence-electron chi connectivity index (χ1n) is 6.02. The van der Waals surface area contributed by atoms with E-state index < -0.39 is 11.2 Å². The van der Waals surface area contributed by atoms with E-state index in [1.165, 1.54) is 0 Å². The molecule has 0 amide bonds. The molecule has 0 saturated carbocycles. The van der Waals surface area contributed by atoms with E-state index in [2.05, 4.69) is 25.6 Å². The van der Waals surface area contributed by atoms with Crippen LogP contribution in [0, 0.1) is 6.92 Å². The van der Waals surface area contributed by atoms with Crippen LogP contribution in [-0.2, 0) is 12.7 Å². The average molecular weight is 304 g/mol. The predicted molar refractivity (Wildman–Crippen MR) is 65.3 cm³/mol. The number of aryl methyl sites for hydroxylation is 2. The Morgan fingerprint density at radius 1 is 1.35 bits per heavy atom. The van der Waals surface area contributed by atoms with Crippen molar-refractivity contribution in [1.29, 1.82) is 0 Å². The first-order valence-corrected chi connectivity index (χ1v) is 6.84. The zero-order valence-corrected chi connectivity index (χ0v) is 11.3. The molecule has 0 aromatic carbocycles. The Bertz CT molecular complexity index is 619. The number of halogens is 3. The van der Waals surface area contributed by atoms with Crippen molar-refractivity contribution in [1.82, 2.24) is 25.0 Å². The number of anilines is 1. The number of fused-ring (bicyclic) bond motifs is 1. The standard InChI is InChI=1S/C10H11F3N6S/c1-5-14-7-6(3-2-4-19(7)18-5)15-9-17-16-8(20-9)10(11,12)13/h6H,2-4H2,1H3,(H,15,17). The molecular formula is C10H11F3N6S. The van der Waals surface area contributed by atoms with Crippen molar-refractivity contribution < 1.29 is 13.2 Å². The van der Waals surface area contributed by atoms with E-state index in [1.807, 2.05) is 0 Å². The molecule has 10 heteroatoms. The molecule has 0 radical (unpaired) electrons. The first-order chi connectivity index (χ1) is 9.43. The highest BCUT2D eigenvalue weighted by molar-refractivity contribution is 7.15. The molecule has 0 saturated heterocycles. The average Bonchev–Trinajstić information content (AvgIpc) is 2.94. The number of nitrogens with zero attached hydrogens (tertiary/aromatic N) is 5. The molecule has 0 bridgehead atoms. The van der Waals surface area contributed by atoms with Gasteiger partial charge in [0.05, 0.1) is 6.04 Å². The molecule has 3 heterocycles. The Labute approximate surface area is 116 Å². The number of nitrogens with one attached hydrogen (secondary N) is 1. The third-order valence-electron chi connectivity index (χ3n) is 2.95. The zero-order chi connectivity index (χ0) is 14.3. The summed E-state index contributed by atoms with van der Waals surface area (Å²) in [5, 5.41) is 13.1. The van der Waals surface area contributed by atoms with Crippen LogP contribution in [-0.4, -0.2) is 25.0 Å². The van der Waals surface area contributed by atoms with Crippen molar-refractivity contribution in [2.45, 2.75) is 38.5 Å². The third kappa shape index (κ3) is 2.47. The lowest BCUT2D eigenvalue weighted by molar-refractivity contribution is -0.138. The largest absolute Gasteiger partial charge is 0.445 e. The SMILES string of the molecule is Cc1nc2n(n1)CCCC2Nc1nnc(C(F)(F)F)s1. The van der Waals surface area contributed by atoms with Gasteiger partial charge in [-0.1, -0.05) is 11.3 Å². The molecular weight excluding hydrogens is 293 g/mol. The lowest BCUT2D eigenvalue weighted by atomic mass is 10.1. The number of rotatable bonds is 2. The lowest BCUT2D eigenvalue weighted by Crippen LogP contribution is -2.22. The number of hydrogen-bond donors (Lipinski definition) is 1. The van der Waals surface area contributed by atoms with E-state index in [0.29, 0.717) is 17.2 Å². The first kappa shape index (κ1) is 13.3. The Balaban J connectivity index is 1.80. The highest BCUT2D eigenvalue weighted by Gasteiger charge is 2.36. The summed E-state index contributed by atoms with van der Waals surface area (Å²) in [6.45, 7) is 2.56. The van der Waals surface area contributed by atoms with E-state index in [-0.39, 0.29) is 11.2 Å². The second-order valence-corrected chi connectivity index (χ2v) is 5.47. The Morgan fingerprint density at radius 2 is 2.15 bits per heavy atom. The van der Waals surface area contributed by atoms with Gasteiger partial charge in [-0.05, 0) is 19.8 Å².